The van der Waals surface area contributed by atoms with Gasteiger partial charge in [0.2, 0.25) is 0 Å². The molecule has 0 saturated carbocycles. The largest absolute Gasteiger partial charge is 0.389 e. The quantitative estimate of drug-likeness (QED) is 0.806. The van der Waals surface area contributed by atoms with Gasteiger partial charge in [-0.1, -0.05) is 6.07 Å². The second-order valence-corrected chi connectivity index (χ2v) is 3.61. The van der Waals surface area contributed by atoms with Crippen LogP contribution in [0.3, 0.4) is 0 Å². The van der Waals surface area contributed by atoms with E-state index in [9.17, 15) is 14.3 Å². The maximum absolute atomic E-state index is 13.5. The summed E-state index contributed by atoms with van der Waals surface area (Å²) in [6, 6.07) is 4.12. The summed E-state index contributed by atoms with van der Waals surface area (Å²) in [5.74, 6) is -0.989. The molecule has 3 nitrogen and oxygen atoms in total. The van der Waals surface area contributed by atoms with Crippen LogP contribution in [0.15, 0.2) is 18.2 Å². The minimum Gasteiger partial charge on any atom is -0.389 e. The van der Waals surface area contributed by atoms with Crippen LogP contribution in [0.2, 0.25) is 0 Å². The first-order valence-electron chi connectivity index (χ1n) is 4.62. The molecule has 0 saturated heterocycles. The van der Waals surface area contributed by atoms with Crippen LogP contribution in [0.4, 0.5) is 4.39 Å². The van der Waals surface area contributed by atoms with E-state index in [1.165, 1.54) is 17.0 Å². The van der Waals surface area contributed by atoms with Gasteiger partial charge in [-0.3, -0.25) is 4.79 Å². The molecule has 0 bridgehead atoms. The van der Waals surface area contributed by atoms with Crippen molar-refractivity contribution in [2.75, 3.05) is 14.1 Å². The Hall–Kier alpha value is -1.42. The normalized spacial score (nSPS) is 12.3. The summed E-state index contributed by atoms with van der Waals surface area (Å²) in [6.07, 6.45) is -0.733. The fraction of sp³-hybridized carbons (Fsp3) is 0.364. The summed E-state index contributed by atoms with van der Waals surface area (Å²) in [7, 11) is 3.12. The van der Waals surface area contributed by atoms with Crippen molar-refractivity contribution in [1.29, 1.82) is 0 Å². The van der Waals surface area contributed by atoms with Gasteiger partial charge in [-0.25, -0.2) is 4.39 Å². The summed E-state index contributed by atoms with van der Waals surface area (Å²) in [5, 5.41) is 9.22. The molecule has 0 fully saturated rings. The topological polar surface area (TPSA) is 40.5 Å². The first kappa shape index (κ1) is 11.7. The SMILES string of the molecule is CC(O)c1ccc(C(=O)N(C)C)c(F)c1. The molecular weight excluding hydrogens is 197 g/mol. The molecule has 0 spiro atoms. The smallest absolute Gasteiger partial charge is 0.256 e. The Morgan fingerprint density at radius 3 is 2.47 bits per heavy atom. The Bertz CT molecular complexity index is 375. The molecule has 4 heteroatoms. The number of aliphatic hydroxyl groups excluding tert-OH is 1. The number of carbonyl (C=O) groups is 1. The highest BCUT2D eigenvalue weighted by atomic mass is 19.1. The number of amides is 1. The standard InChI is InChI=1S/C11H14FNO2/c1-7(14)8-4-5-9(10(12)6-8)11(15)13(2)3/h4-7,14H,1-3H3. The molecule has 1 atom stereocenters. The van der Waals surface area contributed by atoms with Gasteiger partial charge in [0.1, 0.15) is 5.82 Å². The van der Waals surface area contributed by atoms with E-state index in [1.54, 1.807) is 27.1 Å². The Labute approximate surface area is 88.1 Å². The molecule has 1 aromatic rings. The number of halogens is 1. The number of aliphatic hydroxyl groups is 1. The molecule has 1 N–H and O–H groups in total. The molecule has 0 aliphatic heterocycles. The van der Waals surface area contributed by atoms with Crippen molar-refractivity contribution in [2.24, 2.45) is 0 Å². The van der Waals surface area contributed by atoms with Crippen molar-refractivity contribution >= 4 is 5.91 Å². The Kier molecular flexibility index (Phi) is 3.42. The molecule has 1 rings (SSSR count). The van der Waals surface area contributed by atoms with Gasteiger partial charge in [0.15, 0.2) is 0 Å². The molecular formula is C11H14FNO2. The van der Waals surface area contributed by atoms with E-state index in [-0.39, 0.29) is 11.5 Å². The van der Waals surface area contributed by atoms with Gasteiger partial charge in [0.25, 0.3) is 5.91 Å². The highest BCUT2D eigenvalue weighted by molar-refractivity contribution is 5.94. The minimum atomic E-state index is -0.733. The predicted molar refractivity (Wildman–Crippen MR) is 55.1 cm³/mol. The van der Waals surface area contributed by atoms with Gasteiger partial charge in [-0.15, -0.1) is 0 Å². The highest BCUT2D eigenvalue weighted by Crippen LogP contribution is 2.17. The van der Waals surface area contributed by atoms with E-state index in [2.05, 4.69) is 0 Å². The fourth-order valence-electron chi connectivity index (χ4n) is 1.21. The lowest BCUT2D eigenvalue weighted by atomic mass is 10.1. The number of hydrogen-bond donors (Lipinski definition) is 1. The van der Waals surface area contributed by atoms with Crippen LogP contribution in [0, 0.1) is 5.82 Å². The Morgan fingerprint density at radius 1 is 1.47 bits per heavy atom. The second kappa shape index (κ2) is 4.40. The lowest BCUT2D eigenvalue weighted by molar-refractivity contribution is 0.0822. The lowest BCUT2D eigenvalue weighted by Gasteiger charge is -2.12. The molecule has 1 amide bonds. The third kappa shape index (κ3) is 2.53. The van der Waals surface area contributed by atoms with Crippen molar-refractivity contribution in [1.82, 2.24) is 4.90 Å². The van der Waals surface area contributed by atoms with Crippen molar-refractivity contribution in [2.45, 2.75) is 13.0 Å². The predicted octanol–water partition coefficient (Wildman–Crippen LogP) is 1.58. The van der Waals surface area contributed by atoms with Gasteiger partial charge < -0.3 is 10.0 Å². The number of hydrogen-bond acceptors (Lipinski definition) is 2. The maximum Gasteiger partial charge on any atom is 0.256 e. The minimum absolute atomic E-state index is 0.0180. The van der Waals surface area contributed by atoms with Gasteiger partial charge in [0, 0.05) is 14.1 Å². The van der Waals surface area contributed by atoms with Gasteiger partial charge in [0.05, 0.1) is 11.7 Å². The molecule has 15 heavy (non-hydrogen) atoms. The van der Waals surface area contributed by atoms with Crippen LogP contribution in [0.1, 0.15) is 28.9 Å². The van der Waals surface area contributed by atoms with Crippen molar-refractivity contribution < 1.29 is 14.3 Å². The molecule has 1 unspecified atom stereocenters. The summed E-state index contributed by atoms with van der Waals surface area (Å²) in [4.78, 5) is 12.8. The third-order valence-corrected chi connectivity index (χ3v) is 2.11. The molecule has 82 valence electrons. The van der Waals surface area contributed by atoms with E-state index in [0.29, 0.717) is 5.56 Å². The highest BCUT2D eigenvalue weighted by Gasteiger charge is 2.14. The molecule has 0 aliphatic rings. The first-order valence-corrected chi connectivity index (χ1v) is 4.62. The summed E-state index contributed by atoms with van der Waals surface area (Å²) >= 11 is 0. The maximum atomic E-state index is 13.5. The summed E-state index contributed by atoms with van der Waals surface area (Å²) in [6.45, 7) is 1.54. The summed E-state index contributed by atoms with van der Waals surface area (Å²) in [5.41, 5.74) is 0.479. The Balaban J connectivity index is 3.08. The second-order valence-electron chi connectivity index (χ2n) is 3.61. The van der Waals surface area contributed by atoms with Crippen LogP contribution in [0.5, 0.6) is 0 Å². The average molecular weight is 211 g/mol. The lowest BCUT2D eigenvalue weighted by Crippen LogP contribution is -2.22. The third-order valence-electron chi connectivity index (χ3n) is 2.11. The number of nitrogens with zero attached hydrogens (tertiary/aromatic N) is 1. The van der Waals surface area contributed by atoms with Crippen LogP contribution in [-0.2, 0) is 0 Å². The molecule has 0 aliphatic carbocycles. The van der Waals surface area contributed by atoms with E-state index in [4.69, 9.17) is 0 Å². The van der Waals surface area contributed by atoms with Crippen LogP contribution in [0.25, 0.3) is 0 Å². The van der Waals surface area contributed by atoms with E-state index >= 15 is 0 Å². The first-order chi connectivity index (χ1) is 6.93. The monoisotopic (exact) mass is 211 g/mol. The zero-order valence-corrected chi connectivity index (χ0v) is 8.99. The number of benzene rings is 1. The average Bonchev–Trinajstić information content (AvgIpc) is 2.16. The van der Waals surface area contributed by atoms with E-state index in [1.807, 2.05) is 0 Å². The van der Waals surface area contributed by atoms with Gasteiger partial charge >= 0.3 is 0 Å². The molecule has 0 aromatic heterocycles. The number of rotatable bonds is 2. The molecule has 0 heterocycles. The van der Waals surface area contributed by atoms with Crippen molar-refractivity contribution in [3.05, 3.63) is 35.1 Å². The fourth-order valence-corrected chi connectivity index (χ4v) is 1.21. The van der Waals surface area contributed by atoms with Crippen LogP contribution in [-0.4, -0.2) is 30.0 Å². The molecule has 1 aromatic carbocycles. The van der Waals surface area contributed by atoms with E-state index < -0.39 is 11.9 Å². The van der Waals surface area contributed by atoms with Gasteiger partial charge in [-0.05, 0) is 24.6 Å². The van der Waals surface area contributed by atoms with Gasteiger partial charge in [-0.2, -0.15) is 0 Å². The Morgan fingerprint density at radius 2 is 2.07 bits per heavy atom. The zero-order valence-electron chi connectivity index (χ0n) is 8.99. The van der Waals surface area contributed by atoms with Crippen molar-refractivity contribution in [3.8, 4) is 0 Å². The van der Waals surface area contributed by atoms with Crippen LogP contribution < -0.4 is 0 Å². The van der Waals surface area contributed by atoms with E-state index in [0.717, 1.165) is 0 Å². The number of carbonyl (C=O) groups excluding carboxylic acids is 1. The van der Waals surface area contributed by atoms with Crippen LogP contribution >= 0.6 is 0 Å². The summed E-state index contributed by atoms with van der Waals surface area (Å²) < 4.78 is 13.5. The van der Waals surface area contributed by atoms with Crippen molar-refractivity contribution in [3.63, 3.8) is 0 Å². The molecule has 0 radical (unpaired) electrons. The zero-order chi connectivity index (χ0) is 11.6.